The Morgan fingerprint density at radius 1 is 1.36 bits per heavy atom. The minimum atomic E-state index is -0.727. The third kappa shape index (κ3) is 5.30. The Morgan fingerprint density at radius 2 is 2.18 bits per heavy atom. The van der Waals surface area contributed by atoms with Gasteiger partial charge in [0.1, 0.15) is 34.8 Å². The molecule has 0 radical (unpaired) electrons. The lowest BCUT2D eigenvalue weighted by atomic mass is 9.93. The second kappa shape index (κ2) is 9.68. The van der Waals surface area contributed by atoms with Crippen LogP contribution in [-0.4, -0.2) is 64.3 Å². The predicted octanol–water partition coefficient (Wildman–Crippen LogP) is 2.17. The quantitative estimate of drug-likeness (QED) is 0.653. The molecule has 0 saturated carbocycles. The number of aromatic nitrogens is 2. The molecule has 1 aromatic carbocycles. The lowest BCUT2D eigenvalue weighted by Gasteiger charge is -2.39. The summed E-state index contributed by atoms with van der Waals surface area (Å²) in [4.78, 5) is 26.9. The van der Waals surface area contributed by atoms with Crippen LogP contribution in [0.25, 0.3) is 0 Å². The number of amides is 1. The molecule has 2 aliphatic rings. The third-order valence-corrected chi connectivity index (χ3v) is 5.85. The zero-order chi connectivity index (χ0) is 23.6. The first-order chi connectivity index (χ1) is 15.8. The summed E-state index contributed by atoms with van der Waals surface area (Å²) in [6.07, 6.45) is -0.339. The Balaban J connectivity index is 1.42. The van der Waals surface area contributed by atoms with E-state index in [-0.39, 0.29) is 43.2 Å². The second-order valence-electron chi connectivity index (χ2n) is 8.19. The number of nitrogens with one attached hydrogen (secondary N) is 1. The van der Waals surface area contributed by atoms with E-state index in [4.69, 9.17) is 25.9 Å². The van der Waals surface area contributed by atoms with Crippen LogP contribution >= 0.6 is 11.6 Å². The number of rotatable bonds is 6. The number of halogens is 2. The van der Waals surface area contributed by atoms with Crippen molar-refractivity contribution < 1.29 is 28.6 Å². The van der Waals surface area contributed by atoms with Crippen LogP contribution in [0.2, 0.25) is 5.02 Å². The van der Waals surface area contributed by atoms with Crippen LogP contribution in [0.3, 0.4) is 0 Å². The van der Waals surface area contributed by atoms with Gasteiger partial charge in [-0.1, -0.05) is 22.8 Å². The molecule has 2 aromatic rings. The van der Waals surface area contributed by atoms with Gasteiger partial charge in [0.2, 0.25) is 0 Å². The normalized spacial score (nSPS) is 24.8. The van der Waals surface area contributed by atoms with Gasteiger partial charge in [0, 0.05) is 13.0 Å². The van der Waals surface area contributed by atoms with Gasteiger partial charge in [0.05, 0.1) is 30.5 Å². The van der Waals surface area contributed by atoms with Crippen LogP contribution in [0.15, 0.2) is 29.4 Å². The average molecular weight is 479 g/mol. The molecular formula is C22H24ClFN4O5. The highest BCUT2D eigenvalue weighted by Crippen LogP contribution is 2.31. The number of oxime groups is 1. The molecule has 33 heavy (non-hydrogen) atoms. The maximum absolute atomic E-state index is 13.3. The van der Waals surface area contributed by atoms with E-state index >= 15 is 0 Å². The lowest BCUT2D eigenvalue weighted by molar-refractivity contribution is -0.229. The Kier molecular flexibility index (Phi) is 6.89. The number of benzene rings is 1. The van der Waals surface area contributed by atoms with Gasteiger partial charge in [-0.2, -0.15) is 0 Å². The summed E-state index contributed by atoms with van der Waals surface area (Å²) in [6.45, 7) is 4.13. The highest BCUT2D eigenvalue weighted by molar-refractivity contribution is 6.30. The molecule has 1 aromatic heterocycles. The zero-order valence-corrected chi connectivity index (χ0v) is 18.9. The Morgan fingerprint density at radius 3 is 2.88 bits per heavy atom. The first-order valence-electron chi connectivity index (χ1n) is 10.4. The van der Waals surface area contributed by atoms with Crippen molar-refractivity contribution in [2.75, 3.05) is 19.8 Å². The van der Waals surface area contributed by atoms with E-state index in [1.807, 2.05) is 6.92 Å². The van der Waals surface area contributed by atoms with Gasteiger partial charge in [0.25, 0.3) is 5.91 Å². The van der Waals surface area contributed by atoms with E-state index in [1.54, 1.807) is 19.1 Å². The minimum Gasteiger partial charge on any atom is -0.394 e. The largest absolute Gasteiger partial charge is 0.394 e. The molecule has 1 fully saturated rings. The van der Waals surface area contributed by atoms with E-state index in [1.165, 1.54) is 12.1 Å². The number of aryl methyl sites for hydroxylation is 1. The van der Waals surface area contributed by atoms with Gasteiger partial charge in [-0.15, -0.1) is 0 Å². The number of aliphatic hydroxyl groups excluding tert-OH is 1. The second-order valence-corrected chi connectivity index (χ2v) is 8.60. The van der Waals surface area contributed by atoms with Crippen molar-refractivity contribution in [1.29, 1.82) is 0 Å². The van der Waals surface area contributed by atoms with Crippen LogP contribution in [0.4, 0.5) is 4.39 Å². The van der Waals surface area contributed by atoms with E-state index in [2.05, 4.69) is 20.4 Å². The fourth-order valence-corrected chi connectivity index (χ4v) is 3.76. The SMILES string of the molecule is Cc1nc(C(=O)NCc2ccc(F)c(Cl)c2)cc(C2=NOC(C3(C)COC(CO)CO3)C2)n1. The summed E-state index contributed by atoms with van der Waals surface area (Å²) in [7, 11) is 0. The molecular weight excluding hydrogens is 455 g/mol. The van der Waals surface area contributed by atoms with Gasteiger partial charge < -0.3 is 24.7 Å². The monoisotopic (exact) mass is 478 g/mol. The zero-order valence-electron chi connectivity index (χ0n) is 18.2. The highest BCUT2D eigenvalue weighted by Gasteiger charge is 2.45. The summed E-state index contributed by atoms with van der Waals surface area (Å²) in [5.41, 5.74) is 1.15. The first-order valence-corrected chi connectivity index (χ1v) is 10.8. The molecule has 0 aliphatic carbocycles. The molecule has 2 N–H and O–H groups in total. The van der Waals surface area contributed by atoms with E-state index < -0.39 is 23.4 Å². The number of ether oxygens (including phenoxy) is 2. The third-order valence-electron chi connectivity index (χ3n) is 5.56. The van der Waals surface area contributed by atoms with E-state index in [9.17, 15) is 14.3 Å². The van der Waals surface area contributed by atoms with Crippen LogP contribution in [0, 0.1) is 12.7 Å². The maximum atomic E-state index is 13.3. The van der Waals surface area contributed by atoms with Crippen molar-refractivity contribution in [2.24, 2.45) is 5.16 Å². The van der Waals surface area contributed by atoms with Gasteiger partial charge in [-0.05, 0) is 37.6 Å². The molecule has 4 rings (SSSR count). The van der Waals surface area contributed by atoms with E-state index in [0.717, 1.165) is 0 Å². The molecule has 0 spiro atoms. The maximum Gasteiger partial charge on any atom is 0.270 e. The molecule has 1 amide bonds. The summed E-state index contributed by atoms with van der Waals surface area (Å²) in [6, 6.07) is 5.80. The fraction of sp³-hybridized carbons (Fsp3) is 0.455. The van der Waals surface area contributed by atoms with Gasteiger partial charge >= 0.3 is 0 Å². The molecule has 0 bridgehead atoms. The molecule has 3 unspecified atom stereocenters. The van der Waals surface area contributed by atoms with Crippen LogP contribution in [-0.2, 0) is 20.9 Å². The van der Waals surface area contributed by atoms with Crippen molar-refractivity contribution in [3.8, 4) is 0 Å². The minimum absolute atomic E-state index is 0.0105. The number of nitrogens with zero attached hydrogens (tertiary/aromatic N) is 3. The first kappa shape index (κ1) is 23.5. The molecule has 3 atom stereocenters. The van der Waals surface area contributed by atoms with Crippen LogP contribution in [0.5, 0.6) is 0 Å². The fourth-order valence-electron chi connectivity index (χ4n) is 3.56. The number of carbonyl (C=O) groups excluding carboxylic acids is 1. The highest BCUT2D eigenvalue weighted by atomic mass is 35.5. The van der Waals surface area contributed by atoms with Gasteiger partial charge in [-0.3, -0.25) is 4.79 Å². The predicted molar refractivity (Wildman–Crippen MR) is 117 cm³/mol. The van der Waals surface area contributed by atoms with Gasteiger partial charge in [0.15, 0.2) is 6.10 Å². The summed E-state index contributed by atoms with van der Waals surface area (Å²) in [5, 5.41) is 16.1. The van der Waals surface area contributed by atoms with Crippen molar-refractivity contribution in [1.82, 2.24) is 15.3 Å². The Hall–Kier alpha value is -2.66. The number of hydrogen-bond donors (Lipinski definition) is 2. The molecule has 3 heterocycles. The van der Waals surface area contributed by atoms with Crippen LogP contribution < -0.4 is 5.32 Å². The topological polar surface area (TPSA) is 115 Å². The summed E-state index contributed by atoms with van der Waals surface area (Å²) >= 11 is 5.79. The average Bonchev–Trinajstić information content (AvgIpc) is 3.31. The number of aliphatic hydroxyl groups is 1. The van der Waals surface area contributed by atoms with Crippen molar-refractivity contribution in [3.63, 3.8) is 0 Å². The van der Waals surface area contributed by atoms with Crippen molar-refractivity contribution in [2.45, 2.75) is 44.6 Å². The smallest absolute Gasteiger partial charge is 0.270 e. The Bertz CT molecular complexity index is 1070. The molecule has 176 valence electrons. The molecule has 2 aliphatic heterocycles. The lowest BCUT2D eigenvalue weighted by Crippen LogP contribution is -2.53. The number of carbonyl (C=O) groups is 1. The number of hydrogen-bond acceptors (Lipinski definition) is 8. The van der Waals surface area contributed by atoms with Crippen molar-refractivity contribution >= 4 is 23.2 Å². The van der Waals surface area contributed by atoms with Crippen LogP contribution in [0.1, 0.15) is 40.9 Å². The van der Waals surface area contributed by atoms with Gasteiger partial charge in [-0.25, -0.2) is 14.4 Å². The van der Waals surface area contributed by atoms with Crippen molar-refractivity contribution in [3.05, 3.63) is 57.9 Å². The molecule has 1 saturated heterocycles. The standard InChI is InChI=1S/C22H24ClFN4O5/c1-12-26-17(18-7-20(33-28-18)22(2)11-31-14(9-29)10-32-22)6-19(27-12)21(30)25-8-13-3-4-16(24)15(23)5-13/h3-6,14,20,29H,7-11H2,1-2H3,(H,25,30). The Labute approximate surface area is 194 Å². The molecule has 9 nitrogen and oxygen atoms in total. The summed E-state index contributed by atoms with van der Waals surface area (Å²) < 4.78 is 24.8. The molecule has 11 heteroatoms. The van der Waals surface area contributed by atoms with E-state index in [0.29, 0.717) is 29.2 Å². The summed E-state index contributed by atoms with van der Waals surface area (Å²) in [5.74, 6) is -0.528.